The minimum Gasteiger partial charge on any atom is -0.492 e. The molecule has 126 valence electrons. The standard InChI is InChI=1S/C20H22BrNO2/c1-2-3-13-24-19-11-10-16(14-17(19)21)20(23)22-12-6-8-15-7-4-5-9-18(15)22/h4-5,7,9-11,14H,2-3,6,8,12-13H2,1H3. The van der Waals surface area contributed by atoms with Gasteiger partial charge in [-0.05, 0) is 65.0 Å². The molecule has 1 heterocycles. The van der Waals surface area contributed by atoms with Gasteiger partial charge in [0.05, 0.1) is 11.1 Å². The Bertz CT molecular complexity index is 729. The van der Waals surface area contributed by atoms with Crippen LogP contribution in [0.25, 0.3) is 0 Å². The summed E-state index contributed by atoms with van der Waals surface area (Å²) in [5, 5.41) is 0. The molecule has 0 saturated carbocycles. The van der Waals surface area contributed by atoms with E-state index in [4.69, 9.17) is 4.74 Å². The second-order valence-electron chi connectivity index (χ2n) is 6.04. The maximum absolute atomic E-state index is 13.0. The smallest absolute Gasteiger partial charge is 0.258 e. The highest BCUT2D eigenvalue weighted by molar-refractivity contribution is 9.10. The van der Waals surface area contributed by atoms with Gasteiger partial charge in [0.2, 0.25) is 0 Å². The maximum Gasteiger partial charge on any atom is 0.258 e. The second-order valence-corrected chi connectivity index (χ2v) is 6.89. The van der Waals surface area contributed by atoms with E-state index in [0.717, 1.165) is 48.1 Å². The molecule has 0 bridgehead atoms. The first kappa shape index (κ1) is 17.0. The van der Waals surface area contributed by atoms with Crippen molar-refractivity contribution in [3.05, 3.63) is 58.1 Å². The van der Waals surface area contributed by atoms with E-state index in [1.54, 1.807) is 0 Å². The molecular formula is C20H22BrNO2. The third kappa shape index (κ3) is 3.64. The summed E-state index contributed by atoms with van der Waals surface area (Å²) in [5.41, 5.74) is 2.96. The van der Waals surface area contributed by atoms with E-state index in [1.807, 2.05) is 41.3 Å². The number of hydrogen-bond acceptors (Lipinski definition) is 2. The number of carbonyl (C=O) groups is 1. The Hall–Kier alpha value is -1.81. The molecule has 24 heavy (non-hydrogen) atoms. The topological polar surface area (TPSA) is 29.5 Å². The molecule has 1 amide bonds. The molecule has 0 fully saturated rings. The van der Waals surface area contributed by atoms with Gasteiger partial charge in [-0.3, -0.25) is 4.79 Å². The van der Waals surface area contributed by atoms with Crippen LogP contribution in [-0.2, 0) is 6.42 Å². The molecule has 0 radical (unpaired) electrons. The zero-order valence-electron chi connectivity index (χ0n) is 13.9. The molecule has 0 atom stereocenters. The average molecular weight is 388 g/mol. The van der Waals surface area contributed by atoms with Crippen molar-refractivity contribution in [3.8, 4) is 5.75 Å². The van der Waals surface area contributed by atoms with Crippen LogP contribution in [0.4, 0.5) is 5.69 Å². The van der Waals surface area contributed by atoms with Crippen molar-refractivity contribution < 1.29 is 9.53 Å². The van der Waals surface area contributed by atoms with Crippen LogP contribution in [0.1, 0.15) is 42.1 Å². The summed E-state index contributed by atoms with van der Waals surface area (Å²) in [5.74, 6) is 0.835. The first-order valence-corrected chi connectivity index (χ1v) is 9.32. The van der Waals surface area contributed by atoms with Crippen molar-refractivity contribution in [1.29, 1.82) is 0 Å². The number of hydrogen-bond donors (Lipinski definition) is 0. The summed E-state index contributed by atoms with van der Waals surface area (Å²) in [6, 6.07) is 13.8. The van der Waals surface area contributed by atoms with E-state index < -0.39 is 0 Å². The van der Waals surface area contributed by atoms with E-state index in [1.165, 1.54) is 5.56 Å². The summed E-state index contributed by atoms with van der Waals surface area (Å²) in [7, 11) is 0. The molecule has 0 aliphatic carbocycles. The average Bonchev–Trinajstić information content (AvgIpc) is 2.62. The largest absolute Gasteiger partial charge is 0.492 e. The summed E-state index contributed by atoms with van der Waals surface area (Å²) >= 11 is 3.53. The quantitative estimate of drug-likeness (QED) is 0.658. The van der Waals surface area contributed by atoms with Crippen molar-refractivity contribution in [1.82, 2.24) is 0 Å². The van der Waals surface area contributed by atoms with Gasteiger partial charge in [0.15, 0.2) is 0 Å². The Morgan fingerprint density at radius 3 is 2.88 bits per heavy atom. The van der Waals surface area contributed by atoms with Gasteiger partial charge in [-0.25, -0.2) is 0 Å². The molecule has 0 unspecified atom stereocenters. The van der Waals surface area contributed by atoms with Crippen LogP contribution in [0.15, 0.2) is 46.9 Å². The highest BCUT2D eigenvalue weighted by atomic mass is 79.9. The van der Waals surface area contributed by atoms with Crippen LogP contribution in [-0.4, -0.2) is 19.1 Å². The zero-order valence-corrected chi connectivity index (χ0v) is 15.5. The van der Waals surface area contributed by atoms with Gasteiger partial charge < -0.3 is 9.64 Å². The van der Waals surface area contributed by atoms with Crippen LogP contribution in [0.3, 0.4) is 0 Å². The number of ether oxygens (including phenoxy) is 1. The first-order valence-electron chi connectivity index (χ1n) is 8.53. The Kier molecular flexibility index (Phi) is 5.56. The lowest BCUT2D eigenvalue weighted by Crippen LogP contribution is -2.35. The molecule has 0 aromatic heterocycles. The van der Waals surface area contributed by atoms with E-state index in [0.29, 0.717) is 12.2 Å². The number of carbonyl (C=O) groups excluding carboxylic acids is 1. The molecule has 3 rings (SSSR count). The van der Waals surface area contributed by atoms with Crippen molar-refractivity contribution in [2.24, 2.45) is 0 Å². The molecule has 1 aliphatic heterocycles. The lowest BCUT2D eigenvalue weighted by Gasteiger charge is -2.29. The van der Waals surface area contributed by atoms with Crippen LogP contribution in [0, 0.1) is 0 Å². The summed E-state index contributed by atoms with van der Waals surface area (Å²) in [6.45, 7) is 3.60. The van der Waals surface area contributed by atoms with Crippen molar-refractivity contribution >= 4 is 27.5 Å². The number of benzene rings is 2. The number of aryl methyl sites for hydroxylation is 1. The fourth-order valence-electron chi connectivity index (χ4n) is 2.98. The predicted octanol–water partition coefficient (Wildman–Crippen LogP) is 5.22. The number of nitrogens with zero attached hydrogens (tertiary/aromatic N) is 1. The lowest BCUT2D eigenvalue weighted by atomic mass is 10.0. The summed E-state index contributed by atoms with van der Waals surface area (Å²) < 4.78 is 6.57. The van der Waals surface area contributed by atoms with Gasteiger partial charge in [-0.2, -0.15) is 0 Å². The monoisotopic (exact) mass is 387 g/mol. The predicted molar refractivity (Wildman–Crippen MR) is 101 cm³/mol. The first-order chi connectivity index (χ1) is 11.7. The fraction of sp³-hybridized carbons (Fsp3) is 0.350. The molecule has 2 aromatic rings. The van der Waals surface area contributed by atoms with E-state index >= 15 is 0 Å². The molecule has 0 saturated heterocycles. The third-order valence-corrected chi connectivity index (χ3v) is 4.91. The number of halogens is 1. The normalized spacial score (nSPS) is 13.5. The van der Waals surface area contributed by atoms with Gasteiger partial charge >= 0.3 is 0 Å². The molecule has 4 heteroatoms. The van der Waals surface area contributed by atoms with Gasteiger partial charge in [-0.1, -0.05) is 31.5 Å². The number of unbranched alkanes of at least 4 members (excludes halogenated alkanes) is 1. The van der Waals surface area contributed by atoms with Crippen molar-refractivity contribution in [2.45, 2.75) is 32.6 Å². The van der Waals surface area contributed by atoms with Crippen LogP contribution >= 0.6 is 15.9 Å². The van der Waals surface area contributed by atoms with Gasteiger partial charge in [-0.15, -0.1) is 0 Å². The highest BCUT2D eigenvalue weighted by Crippen LogP contribution is 2.30. The Labute approximate surface area is 151 Å². The fourth-order valence-corrected chi connectivity index (χ4v) is 3.47. The maximum atomic E-state index is 13.0. The number of para-hydroxylation sites is 1. The molecule has 3 nitrogen and oxygen atoms in total. The number of rotatable bonds is 5. The van der Waals surface area contributed by atoms with Gasteiger partial charge in [0.25, 0.3) is 5.91 Å². The zero-order chi connectivity index (χ0) is 16.9. The molecule has 0 N–H and O–H groups in total. The van der Waals surface area contributed by atoms with Crippen LogP contribution in [0.2, 0.25) is 0 Å². The molecule has 1 aliphatic rings. The summed E-state index contributed by atoms with van der Waals surface area (Å²) in [6.07, 6.45) is 4.16. The Morgan fingerprint density at radius 1 is 1.25 bits per heavy atom. The Morgan fingerprint density at radius 2 is 2.08 bits per heavy atom. The molecule has 2 aromatic carbocycles. The number of anilines is 1. The van der Waals surface area contributed by atoms with Crippen molar-refractivity contribution in [2.75, 3.05) is 18.1 Å². The summed E-state index contributed by atoms with van der Waals surface area (Å²) in [4.78, 5) is 14.8. The highest BCUT2D eigenvalue weighted by Gasteiger charge is 2.23. The van der Waals surface area contributed by atoms with E-state index in [2.05, 4.69) is 28.9 Å². The van der Waals surface area contributed by atoms with Crippen molar-refractivity contribution in [3.63, 3.8) is 0 Å². The van der Waals surface area contributed by atoms with Gasteiger partial charge in [0, 0.05) is 17.8 Å². The van der Waals surface area contributed by atoms with E-state index in [9.17, 15) is 4.79 Å². The molecular weight excluding hydrogens is 366 g/mol. The number of fused-ring (bicyclic) bond motifs is 1. The third-order valence-electron chi connectivity index (χ3n) is 4.29. The Balaban J connectivity index is 1.80. The van der Waals surface area contributed by atoms with Crippen LogP contribution < -0.4 is 9.64 Å². The number of amides is 1. The second kappa shape index (κ2) is 7.84. The molecule has 0 spiro atoms. The van der Waals surface area contributed by atoms with E-state index in [-0.39, 0.29) is 5.91 Å². The minimum absolute atomic E-state index is 0.0444. The minimum atomic E-state index is 0.0444. The SMILES string of the molecule is CCCCOc1ccc(C(=O)N2CCCc3ccccc32)cc1Br. The van der Waals surface area contributed by atoms with Gasteiger partial charge in [0.1, 0.15) is 5.75 Å². The lowest BCUT2D eigenvalue weighted by molar-refractivity contribution is 0.0985. The van der Waals surface area contributed by atoms with Crippen LogP contribution in [0.5, 0.6) is 5.75 Å².